The van der Waals surface area contributed by atoms with Crippen LogP contribution in [0.25, 0.3) is 10.9 Å². The number of nitrogens with one attached hydrogen (secondary N) is 3. The number of rotatable bonds is 6. The lowest BCUT2D eigenvalue weighted by molar-refractivity contribution is -0.115. The summed E-state index contributed by atoms with van der Waals surface area (Å²) in [5.41, 5.74) is 4.03. The van der Waals surface area contributed by atoms with Crippen molar-refractivity contribution in [2.45, 2.75) is 13.3 Å². The zero-order chi connectivity index (χ0) is 16.9. The minimum Gasteiger partial charge on any atom is -0.361 e. The summed E-state index contributed by atoms with van der Waals surface area (Å²) in [6.07, 6.45) is 2.90. The summed E-state index contributed by atoms with van der Waals surface area (Å²) in [6.45, 7) is 2.90. The van der Waals surface area contributed by atoms with Crippen molar-refractivity contribution in [2.75, 3.05) is 18.4 Å². The first-order valence-corrected chi connectivity index (χ1v) is 8.33. The van der Waals surface area contributed by atoms with E-state index in [1.807, 2.05) is 43.5 Å². The lowest BCUT2D eigenvalue weighted by Gasteiger charge is -2.10. The molecule has 124 valence electrons. The molecule has 0 fully saturated rings. The van der Waals surface area contributed by atoms with Crippen LogP contribution < -0.4 is 10.6 Å². The van der Waals surface area contributed by atoms with E-state index in [9.17, 15) is 4.79 Å². The van der Waals surface area contributed by atoms with Crippen LogP contribution in [0, 0.1) is 6.92 Å². The molecule has 4 nitrogen and oxygen atoms in total. The Balaban J connectivity index is 1.48. The molecule has 0 spiro atoms. The van der Waals surface area contributed by atoms with Crippen molar-refractivity contribution >= 4 is 34.1 Å². The Kier molecular flexibility index (Phi) is 5.18. The fraction of sp³-hybridized carbons (Fsp3) is 0.211. The van der Waals surface area contributed by atoms with E-state index in [-0.39, 0.29) is 12.5 Å². The molecule has 2 aromatic carbocycles. The number of halogens is 1. The molecule has 0 saturated carbocycles. The number of carbonyl (C=O) groups excluding carboxylic acids is 1. The van der Waals surface area contributed by atoms with Crippen LogP contribution in [-0.4, -0.2) is 24.0 Å². The van der Waals surface area contributed by atoms with Gasteiger partial charge in [0.2, 0.25) is 5.91 Å². The number of fused-ring (bicyclic) bond motifs is 1. The molecule has 0 aliphatic carbocycles. The maximum Gasteiger partial charge on any atom is 0.238 e. The van der Waals surface area contributed by atoms with E-state index < -0.39 is 0 Å². The van der Waals surface area contributed by atoms with E-state index in [0.717, 1.165) is 29.7 Å². The van der Waals surface area contributed by atoms with Gasteiger partial charge in [0.15, 0.2) is 0 Å². The number of hydrogen-bond acceptors (Lipinski definition) is 2. The number of para-hydroxylation sites is 1. The maximum atomic E-state index is 12.0. The molecule has 0 saturated heterocycles. The molecule has 0 atom stereocenters. The van der Waals surface area contributed by atoms with Crippen LogP contribution in [0.4, 0.5) is 5.69 Å². The van der Waals surface area contributed by atoms with E-state index in [0.29, 0.717) is 5.02 Å². The fourth-order valence-corrected chi connectivity index (χ4v) is 2.88. The summed E-state index contributed by atoms with van der Waals surface area (Å²) in [7, 11) is 0. The minimum atomic E-state index is -0.0701. The Hall–Kier alpha value is -2.30. The third kappa shape index (κ3) is 3.78. The largest absolute Gasteiger partial charge is 0.361 e. The highest BCUT2D eigenvalue weighted by Gasteiger charge is 2.07. The SMILES string of the molecule is Cc1c(Cl)cccc1NC(=O)CNCCc1c[nH]c2ccccc12. The molecule has 3 aromatic rings. The van der Waals surface area contributed by atoms with Crippen molar-refractivity contribution in [3.05, 3.63) is 64.8 Å². The predicted molar refractivity (Wildman–Crippen MR) is 99.7 cm³/mol. The summed E-state index contributed by atoms with van der Waals surface area (Å²) in [5.74, 6) is -0.0701. The second-order valence-corrected chi connectivity index (χ2v) is 6.15. The van der Waals surface area contributed by atoms with Crippen molar-refractivity contribution < 1.29 is 4.79 Å². The van der Waals surface area contributed by atoms with Gasteiger partial charge < -0.3 is 15.6 Å². The Morgan fingerprint density at radius 2 is 2.00 bits per heavy atom. The Labute approximate surface area is 146 Å². The molecule has 3 N–H and O–H groups in total. The van der Waals surface area contributed by atoms with Crippen LogP contribution in [0.2, 0.25) is 5.02 Å². The average molecular weight is 342 g/mol. The number of amides is 1. The van der Waals surface area contributed by atoms with E-state index in [1.165, 1.54) is 10.9 Å². The van der Waals surface area contributed by atoms with Gasteiger partial charge >= 0.3 is 0 Å². The molecule has 0 bridgehead atoms. The Morgan fingerprint density at radius 1 is 1.17 bits per heavy atom. The van der Waals surface area contributed by atoms with Crippen molar-refractivity contribution in [2.24, 2.45) is 0 Å². The molecule has 0 aliphatic rings. The molecule has 5 heteroatoms. The second kappa shape index (κ2) is 7.51. The zero-order valence-corrected chi connectivity index (χ0v) is 14.3. The van der Waals surface area contributed by atoms with Gasteiger partial charge in [0.1, 0.15) is 0 Å². The van der Waals surface area contributed by atoms with Gasteiger partial charge in [-0.1, -0.05) is 35.9 Å². The third-order valence-corrected chi connectivity index (χ3v) is 4.48. The van der Waals surface area contributed by atoms with E-state index in [1.54, 1.807) is 0 Å². The number of H-pyrrole nitrogens is 1. The first-order valence-electron chi connectivity index (χ1n) is 7.96. The zero-order valence-electron chi connectivity index (χ0n) is 13.5. The summed E-state index contributed by atoms with van der Waals surface area (Å²) >= 11 is 6.06. The van der Waals surface area contributed by atoms with Gasteiger partial charge in [0.05, 0.1) is 6.54 Å². The highest BCUT2D eigenvalue weighted by Crippen LogP contribution is 2.22. The average Bonchev–Trinajstić information content (AvgIpc) is 2.99. The lowest BCUT2D eigenvalue weighted by atomic mass is 10.1. The van der Waals surface area contributed by atoms with Crippen molar-refractivity contribution in [3.63, 3.8) is 0 Å². The van der Waals surface area contributed by atoms with Gasteiger partial charge in [-0.05, 0) is 49.2 Å². The highest BCUT2D eigenvalue weighted by molar-refractivity contribution is 6.31. The van der Waals surface area contributed by atoms with Crippen LogP contribution in [0.5, 0.6) is 0 Å². The van der Waals surface area contributed by atoms with Gasteiger partial charge in [-0.15, -0.1) is 0 Å². The molecule has 0 unspecified atom stereocenters. The van der Waals surface area contributed by atoms with E-state index in [4.69, 9.17) is 11.6 Å². The molecule has 1 heterocycles. The summed E-state index contributed by atoms with van der Waals surface area (Å²) in [4.78, 5) is 15.3. The van der Waals surface area contributed by atoms with E-state index >= 15 is 0 Å². The minimum absolute atomic E-state index is 0.0701. The normalized spacial score (nSPS) is 10.9. The topological polar surface area (TPSA) is 56.9 Å². The van der Waals surface area contributed by atoms with Gasteiger partial charge in [-0.25, -0.2) is 0 Å². The lowest BCUT2D eigenvalue weighted by Crippen LogP contribution is -2.29. The number of aromatic nitrogens is 1. The van der Waals surface area contributed by atoms with Crippen LogP contribution in [0.15, 0.2) is 48.7 Å². The highest BCUT2D eigenvalue weighted by atomic mass is 35.5. The van der Waals surface area contributed by atoms with Crippen LogP contribution in [-0.2, 0) is 11.2 Å². The summed E-state index contributed by atoms with van der Waals surface area (Å²) in [6, 6.07) is 13.7. The first-order chi connectivity index (χ1) is 11.6. The molecular formula is C19H20ClN3O. The number of carbonyl (C=O) groups is 1. The van der Waals surface area contributed by atoms with Crippen LogP contribution in [0.1, 0.15) is 11.1 Å². The van der Waals surface area contributed by atoms with Gasteiger partial charge in [0.25, 0.3) is 0 Å². The smallest absolute Gasteiger partial charge is 0.238 e. The molecular weight excluding hydrogens is 322 g/mol. The number of hydrogen-bond donors (Lipinski definition) is 3. The van der Waals surface area contributed by atoms with Gasteiger partial charge in [0, 0.05) is 27.8 Å². The fourth-order valence-electron chi connectivity index (χ4n) is 2.70. The number of aromatic amines is 1. The molecule has 0 aliphatic heterocycles. The summed E-state index contributed by atoms with van der Waals surface area (Å²) in [5, 5.41) is 7.95. The molecule has 3 rings (SSSR count). The number of anilines is 1. The third-order valence-electron chi connectivity index (χ3n) is 4.07. The quantitative estimate of drug-likeness (QED) is 0.595. The molecule has 1 aromatic heterocycles. The molecule has 0 radical (unpaired) electrons. The monoisotopic (exact) mass is 341 g/mol. The Morgan fingerprint density at radius 3 is 2.88 bits per heavy atom. The Bertz CT molecular complexity index is 857. The van der Waals surface area contributed by atoms with Crippen LogP contribution in [0.3, 0.4) is 0 Å². The maximum absolute atomic E-state index is 12.0. The van der Waals surface area contributed by atoms with Gasteiger partial charge in [-0.2, -0.15) is 0 Å². The standard InChI is InChI=1S/C19H20ClN3O/c1-13-16(20)6-4-8-17(13)23-19(24)12-21-10-9-14-11-22-18-7-3-2-5-15(14)18/h2-8,11,21-22H,9-10,12H2,1H3,(H,23,24). The first kappa shape index (κ1) is 16.6. The van der Waals surface area contributed by atoms with Gasteiger partial charge in [-0.3, -0.25) is 4.79 Å². The second-order valence-electron chi connectivity index (χ2n) is 5.75. The van der Waals surface area contributed by atoms with Crippen molar-refractivity contribution in [1.29, 1.82) is 0 Å². The molecule has 24 heavy (non-hydrogen) atoms. The molecule has 1 amide bonds. The van der Waals surface area contributed by atoms with Crippen molar-refractivity contribution in [3.8, 4) is 0 Å². The predicted octanol–water partition coefficient (Wildman–Crippen LogP) is 3.90. The van der Waals surface area contributed by atoms with Crippen molar-refractivity contribution in [1.82, 2.24) is 10.3 Å². The number of benzene rings is 2. The summed E-state index contributed by atoms with van der Waals surface area (Å²) < 4.78 is 0. The van der Waals surface area contributed by atoms with E-state index in [2.05, 4.69) is 27.8 Å². The van der Waals surface area contributed by atoms with Crippen LogP contribution >= 0.6 is 11.6 Å².